The van der Waals surface area contributed by atoms with Crippen molar-refractivity contribution < 1.29 is 14.6 Å². The predicted molar refractivity (Wildman–Crippen MR) is 114 cm³/mol. The number of amides is 1. The van der Waals surface area contributed by atoms with E-state index in [-0.39, 0.29) is 24.5 Å². The lowest BCUT2D eigenvalue weighted by Gasteiger charge is -2.43. The molecule has 2 atom stereocenters. The minimum atomic E-state index is -0.867. The molecular weight excluding hydrogens is 364 g/mol. The van der Waals surface area contributed by atoms with Crippen LogP contribution in [0.1, 0.15) is 59.3 Å². The number of halogens is 1. The summed E-state index contributed by atoms with van der Waals surface area (Å²) in [6.45, 7) is 9.05. The van der Waals surface area contributed by atoms with Crippen LogP contribution in [0, 0.1) is 0 Å². The Morgan fingerprint density at radius 1 is 1.07 bits per heavy atom. The van der Waals surface area contributed by atoms with Gasteiger partial charge in [-0.3, -0.25) is 9.80 Å². The van der Waals surface area contributed by atoms with Crippen LogP contribution in [0.4, 0.5) is 10.5 Å². The third kappa shape index (κ3) is 6.28. The first-order chi connectivity index (χ1) is 12.6. The van der Waals surface area contributed by atoms with E-state index in [1.807, 2.05) is 24.3 Å². The Labute approximate surface area is 170 Å². The lowest BCUT2D eigenvalue weighted by Crippen LogP contribution is -2.55. The van der Waals surface area contributed by atoms with Gasteiger partial charge in [-0.25, -0.2) is 4.79 Å². The van der Waals surface area contributed by atoms with Gasteiger partial charge in [0.25, 0.3) is 0 Å². The van der Waals surface area contributed by atoms with E-state index in [4.69, 9.17) is 4.74 Å². The molecule has 5 nitrogen and oxygen atoms in total. The average molecular weight is 399 g/mol. The van der Waals surface area contributed by atoms with Crippen LogP contribution in [-0.2, 0) is 0 Å². The van der Waals surface area contributed by atoms with Crippen molar-refractivity contribution in [1.82, 2.24) is 4.90 Å². The maximum Gasteiger partial charge on any atom is 0.412 e. The van der Waals surface area contributed by atoms with Crippen LogP contribution in [0.3, 0.4) is 0 Å². The molecule has 0 aromatic heterocycles. The molecule has 6 heteroatoms. The largest absolute Gasteiger partial charge is 0.494 e. The standard InChI is InChI=1S/C21H34N2O3.ClH/c1-4-7-16-26-18-14-12-17(13-15-18)23(21(24)25)20-11-9-8-10-19(20)22(5-2)6-3;/h12-15,19-20H,4-11,16H2,1-3H3,(H,24,25);1H/t19-,20-;/m1./s1. The van der Waals surface area contributed by atoms with Crippen molar-refractivity contribution in [1.29, 1.82) is 0 Å². The van der Waals surface area contributed by atoms with Gasteiger partial charge in [-0.05, 0) is 56.6 Å². The van der Waals surface area contributed by atoms with E-state index in [1.165, 1.54) is 6.42 Å². The van der Waals surface area contributed by atoms with Crippen molar-refractivity contribution in [2.45, 2.75) is 71.4 Å². The summed E-state index contributed by atoms with van der Waals surface area (Å²) in [5, 5.41) is 9.94. The molecule has 1 aliphatic rings. The molecule has 0 unspecified atom stereocenters. The van der Waals surface area contributed by atoms with E-state index in [9.17, 15) is 9.90 Å². The Kier molecular flexibility index (Phi) is 10.6. The van der Waals surface area contributed by atoms with Crippen LogP contribution >= 0.6 is 12.4 Å². The predicted octanol–water partition coefficient (Wildman–Crippen LogP) is 5.42. The molecule has 1 aromatic rings. The van der Waals surface area contributed by atoms with Gasteiger partial charge >= 0.3 is 6.09 Å². The molecule has 1 amide bonds. The van der Waals surface area contributed by atoms with Gasteiger partial charge in [-0.1, -0.05) is 40.0 Å². The van der Waals surface area contributed by atoms with E-state index in [2.05, 4.69) is 25.7 Å². The molecule has 0 aliphatic heterocycles. The first-order valence-corrected chi connectivity index (χ1v) is 10.1. The van der Waals surface area contributed by atoms with Crippen LogP contribution in [0.2, 0.25) is 0 Å². The van der Waals surface area contributed by atoms with E-state index in [1.54, 1.807) is 4.90 Å². The second kappa shape index (κ2) is 12.1. The van der Waals surface area contributed by atoms with Crippen LogP contribution < -0.4 is 9.64 Å². The van der Waals surface area contributed by atoms with Gasteiger partial charge in [0.15, 0.2) is 0 Å². The van der Waals surface area contributed by atoms with Gasteiger partial charge in [-0.15, -0.1) is 12.4 Å². The van der Waals surface area contributed by atoms with E-state index in [0.29, 0.717) is 6.61 Å². The monoisotopic (exact) mass is 398 g/mol. The number of nitrogens with zero attached hydrogens (tertiary/aromatic N) is 2. The van der Waals surface area contributed by atoms with Gasteiger partial charge < -0.3 is 9.84 Å². The summed E-state index contributed by atoms with van der Waals surface area (Å²) in [6.07, 6.45) is 5.50. The van der Waals surface area contributed by atoms with E-state index in [0.717, 1.165) is 56.6 Å². The summed E-state index contributed by atoms with van der Waals surface area (Å²) in [7, 11) is 0. The number of hydrogen-bond donors (Lipinski definition) is 1. The van der Waals surface area contributed by atoms with Crippen molar-refractivity contribution >= 4 is 24.2 Å². The summed E-state index contributed by atoms with van der Waals surface area (Å²) in [5.41, 5.74) is 0.740. The number of unbranched alkanes of at least 4 members (excludes halogenated alkanes) is 1. The number of carboxylic acid groups (broad SMARTS) is 1. The van der Waals surface area contributed by atoms with Gasteiger partial charge in [0, 0.05) is 11.7 Å². The molecule has 1 N–H and O–H groups in total. The maximum absolute atomic E-state index is 12.1. The van der Waals surface area contributed by atoms with Crippen molar-refractivity contribution in [2.75, 3.05) is 24.6 Å². The highest BCUT2D eigenvalue weighted by atomic mass is 35.5. The molecule has 0 spiro atoms. The molecule has 0 heterocycles. The van der Waals surface area contributed by atoms with Gasteiger partial charge in [0.2, 0.25) is 0 Å². The van der Waals surface area contributed by atoms with Gasteiger partial charge in [-0.2, -0.15) is 0 Å². The van der Waals surface area contributed by atoms with Crippen LogP contribution in [-0.4, -0.2) is 47.9 Å². The van der Waals surface area contributed by atoms with Crippen LogP contribution in [0.5, 0.6) is 5.75 Å². The second-order valence-corrected chi connectivity index (χ2v) is 6.99. The molecule has 1 aliphatic carbocycles. The van der Waals surface area contributed by atoms with Crippen molar-refractivity contribution in [3.8, 4) is 5.75 Å². The number of ether oxygens (including phenoxy) is 1. The summed E-state index contributed by atoms with van der Waals surface area (Å²) in [5.74, 6) is 0.802. The smallest absolute Gasteiger partial charge is 0.412 e. The van der Waals surface area contributed by atoms with Crippen molar-refractivity contribution in [3.05, 3.63) is 24.3 Å². The second-order valence-electron chi connectivity index (χ2n) is 6.99. The van der Waals surface area contributed by atoms with E-state index >= 15 is 0 Å². The number of anilines is 1. The Morgan fingerprint density at radius 2 is 1.67 bits per heavy atom. The average Bonchev–Trinajstić information content (AvgIpc) is 2.65. The molecule has 0 bridgehead atoms. The number of carbonyl (C=O) groups is 1. The first-order valence-electron chi connectivity index (χ1n) is 10.1. The van der Waals surface area contributed by atoms with Crippen LogP contribution in [0.15, 0.2) is 24.3 Å². The molecule has 0 saturated heterocycles. The highest BCUT2D eigenvalue weighted by Crippen LogP contribution is 2.31. The Balaban J connectivity index is 0.00000364. The number of benzene rings is 1. The highest BCUT2D eigenvalue weighted by Gasteiger charge is 2.36. The van der Waals surface area contributed by atoms with Gasteiger partial charge in [0.05, 0.1) is 12.6 Å². The maximum atomic E-state index is 12.1. The molecule has 2 rings (SSSR count). The molecule has 0 radical (unpaired) electrons. The third-order valence-corrected chi connectivity index (χ3v) is 5.39. The zero-order chi connectivity index (χ0) is 18.9. The summed E-state index contributed by atoms with van der Waals surface area (Å²) in [4.78, 5) is 16.1. The lowest BCUT2D eigenvalue weighted by atomic mass is 9.87. The molecule has 1 fully saturated rings. The Morgan fingerprint density at radius 3 is 2.19 bits per heavy atom. The number of rotatable bonds is 9. The first kappa shape index (κ1) is 23.6. The Bertz CT molecular complexity index is 549. The third-order valence-electron chi connectivity index (χ3n) is 5.39. The molecule has 154 valence electrons. The van der Waals surface area contributed by atoms with E-state index < -0.39 is 6.09 Å². The molecule has 1 saturated carbocycles. The van der Waals surface area contributed by atoms with Crippen molar-refractivity contribution in [2.24, 2.45) is 0 Å². The van der Waals surface area contributed by atoms with Crippen molar-refractivity contribution in [3.63, 3.8) is 0 Å². The van der Waals surface area contributed by atoms with Gasteiger partial charge in [0.1, 0.15) is 5.75 Å². The minimum absolute atomic E-state index is 0. The fourth-order valence-corrected chi connectivity index (χ4v) is 3.99. The highest BCUT2D eigenvalue weighted by molar-refractivity contribution is 5.87. The molecule has 27 heavy (non-hydrogen) atoms. The quantitative estimate of drug-likeness (QED) is 0.564. The zero-order valence-corrected chi connectivity index (χ0v) is 17.7. The fourth-order valence-electron chi connectivity index (χ4n) is 3.99. The molecule has 1 aromatic carbocycles. The number of likely N-dealkylation sites (N-methyl/N-ethyl adjacent to an activating group) is 1. The van der Waals surface area contributed by atoms with Crippen LogP contribution in [0.25, 0.3) is 0 Å². The summed E-state index contributed by atoms with van der Waals surface area (Å²) < 4.78 is 5.71. The molecular formula is C21H35ClN2O3. The minimum Gasteiger partial charge on any atom is -0.494 e. The summed E-state index contributed by atoms with van der Waals surface area (Å²) in [6, 6.07) is 7.82. The normalized spacial score (nSPS) is 19.4. The Hall–Kier alpha value is -1.46. The SMILES string of the molecule is CCCCOc1ccc(N(C(=O)O)[C@@H]2CCCC[C@H]2N(CC)CC)cc1.Cl. The lowest BCUT2D eigenvalue weighted by molar-refractivity contribution is 0.139. The zero-order valence-electron chi connectivity index (χ0n) is 16.9. The fraction of sp³-hybridized carbons (Fsp3) is 0.667. The topological polar surface area (TPSA) is 53.0 Å². The number of hydrogen-bond acceptors (Lipinski definition) is 3. The summed E-state index contributed by atoms with van der Waals surface area (Å²) >= 11 is 0.